The van der Waals surface area contributed by atoms with Gasteiger partial charge in [-0.3, -0.25) is 0 Å². The zero-order chi connectivity index (χ0) is 36.0. The van der Waals surface area contributed by atoms with Crippen LogP contribution in [0.4, 0.5) is 0 Å². The number of fused-ring (bicyclic) bond motifs is 1. The van der Waals surface area contributed by atoms with E-state index in [2.05, 4.69) is 195 Å². The van der Waals surface area contributed by atoms with E-state index < -0.39 is 0 Å². The normalized spacial score (nSPS) is 11.8. The molecule has 0 saturated carbocycles. The fourth-order valence-electron chi connectivity index (χ4n) is 6.71. The number of amidine groups is 1. The van der Waals surface area contributed by atoms with Crippen molar-refractivity contribution < 1.29 is 0 Å². The first kappa shape index (κ1) is 33.3. The Morgan fingerprint density at radius 3 is 1.25 bits per heavy atom. The molecule has 8 rings (SSSR count). The van der Waals surface area contributed by atoms with Gasteiger partial charge in [-0.2, -0.15) is 0 Å². The van der Waals surface area contributed by atoms with Gasteiger partial charge >= 0.3 is 0 Å². The Bertz CT molecular complexity index is 2620. The number of hydrogen-bond donors (Lipinski definition) is 0. The molecule has 2 heteroatoms. The first-order chi connectivity index (χ1) is 26.1. The van der Waals surface area contributed by atoms with Crippen LogP contribution in [-0.2, 0) is 0 Å². The second-order valence-corrected chi connectivity index (χ2v) is 13.2. The molecular weight excluding hydrogens is 641 g/mol. The Balaban J connectivity index is 1.15. The van der Waals surface area contributed by atoms with E-state index in [4.69, 9.17) is 9.98 Å². The number of rotatable bonds is 8. The average molecular weight is 679 g/mol. The van der Waals surface area contributed by atoms with E-state index in [0.717, 1.165) is 50.2 Å². The summed E-state index contributed by atoms with van der Waals surface area (Å²) in [4.78, 5) is 10.4. The van der Waals surface area contributed by atoms with Gasteiger partial charge in [-0.15, -0.1) is 0 Å². The Kier molecular flexibility index (Phi) is 9.50. The van der Waals surface area contributed by atoms with Crippen LogP contribution in [0.15, 0.2) is 217 Å². The van der Waals surface area contributed by atoms with Crippen molar-refractivity contribution in [2.75, 3.05) is 0 Å². The van der Waals surface area contributed by atoms with Crippen LogP contribution in [0.1, 0.15) is 23.6 Å². The van der Waals surface area contributed by atoms with Crippen LogP contribution < -0.4 is 0 Å². The summed E-state index contributed by atoms with van der Waals surface area (Å²) < 4.78 is 0. The standard InChI is InChI=1S/C51H38N2/c1-36(41-21-12-23-43(31-41)38-15-6-3-7-16-38)52-51(50-26-14-24-44(35-50)39-17-8-4-9-18-39)53-37(2)42-22-13-25-45(32-42)47-29-30-48-33-46(27-28-49(48)34-47)40-19-10-5-11-20-40/h3-35H,2H2,1H3. The number of aliphatic imine (C=N–C) groups is 2. The minimum Gasteiger partial charge on any atom is -0.233 e. The Morgan fingerprint density at radius 1 is 0.340 bits per heavy atom. The molecule has 0 aliphatic rings. The highest BCUT2D eigenvalue weighted by Gasteiger charge is 2.11. The Labute approximate surface area is 311 Å². The molecule has 53 heavy (non-hydrogen) atoms. The first-order valence-electron chi connectivity index (χ1n) is 17.9. The summed E-state index contributed by atoms with van der Waals surface area (Å²) in [5.41, 5.74) is 13.7. The SMILES string of the molecule is C=C(N=C(N=C(C)c1cccc(-c2ccccc2)c1)c1cccc(-c2ccccc2)c1)c1cccc(-c2ccc3cc(-c4ccccc4)ccc3c2)c1. The third-order valence-electron chi connectivity index (χ3n) is 9.61. The number of benzene rings is 8. The van der Waals surface area contributed by atoms with Gasteiger partial charge in [0.15, 0.2) is 5.84 Å². The van der Waals surface area contributed by atoms with Gasteiger partial charge in [0, 0.05) is 16.8 Å². The van der Waals surface area contributed by atoms with Gasteiger partial charge in [-0.1, -0.05) is 176 Å². The van der Waals surface area contributed by atoms with E-state index in [9.17, 15) is 0 Å². The molecule has 0 atom stereocenters. The molecule has 252 valence electrons. The molecule has 0 amide bonds. The fourth-order valence-corrected chi connectivity index (χ4v) is 6.71. The summed E-state index contributed by atoms with van der Waals surface area (Å²) in [6.45, 7) is 6.52. The van der Waals surface area contributed by atoms with Crippen molar-refractivity contribution in [3.8, 4) is 44.5 Å². The highest BCUT2D eigenvalue weighted by atomic mass is 14.9. The molecule has 0 heterocycles. The molecule has 0 radical (unpaired) electrons. The molecule has 2 nitrogen and oxygen atoms in total. The van der Waals surface area contributed by atoms with Crippen molar-refractivity contribution in [2.45, 2.75) is 6.92 Å². The van der Waals surface area contributed by atoms with Crippen LogP contribution in [0.2, 0.25) is 0 Å². The molecule has 0 aliphatic carbocycles. The van der Waals surface area contributed by atoms with E-state index in [1.807, 2.05) is 19.1 Å². The second-order valence-electron chi connectivity index (χ2n) is 13.2. The fraction of sp³-hybridized carbons (Fsp3) is 0.0196. The van der Waals surface area contributed by atoms with Gasteiger partial charge in [0.25, 0.3) is 0 Å². The Hall–Kier alpha value is -6.90. The third kappa shape index (κ3) is 7.58. The lowest BCUT2D eigenvalue weighted by atomic mass is 9.97. The minimum atomic E-state index is 0.612. The summed E-state index contributed by atoms with van der Waals surface area (Å²) in [6, 6.07) is 70.1. The van der Waals surface area contributed by atoms with Gasteiger partial charge in [0.1, 0.15) is 0 Å². The molecule has 0 saturated heterocycles. The smallest absolute Gasteiger partial charge is 0.160 e. The van der Waals surface area contributed by atoms with Crippen molar-refractivity contribution in [3.05, 3.63) is 223 Å². The predicted octanol–water partition coefficient (Wildman–Crippen LogP) is 13.4. The van der Waals surface area contributed by atoms with Gasteiger partial charge in [-0.25, -0.2) is 9.98 Å². The average Bonchev–Trinajstić information content (AvgIpc) is 3.24. The molecule has 0 unspecified atom stereocenters. The number of nitrogens with zero attached hydrogens (tertiary/aromatic N) is 2. The second kappa shape index (κ2) is 15.1. The van der Waals surface area contributed by atoms with Crippen LogP contribution >= 0.6 is 0 Å². The predicted molar refractivity (Wildman–Crippen MR) is 226 cm³/mol. The summed E-state index contributed by atoms with van der Waals surface area (Å²) in [5.74, 6) is 0.612. The first-order valence-corrected chi connectivity index (χ1v) is 17.9. The van der Waals surface area contributed by atoms with Crippen LogP contribution in [0.3, 0.4) is 0 Å². The summed E-state index contributed by atoms with van der Waals surface area (Å²) >= 11 is 0. The molecule has 0 fully saturated rings. The quantitative estimate of drug-likeness (QED) is 0.113. The van der Waals surface area contributed by atoms with Crippen molar-refractivity contribution in [2.24, 2.45) is 9.98 Å². The van der Waals surface area contributed by atoms with Gasteiger partial charge < -0.3 is 0 Å². The molecule has 0 bridgehead atoms. The molecular formula is C51H38N2. The maximum atomic E-state index is 5.20. The van der Waals surface area contributed by atoms with Crippen molar-refractivity contribution in [1.82, 2.24) is 0 Å². The maximum Gasteiger partial charge on any atom is 0.160 e. The molecule has 0 spiro atoms. The van der Waals surface area contributed by atoms with E-state index in [0.29, 0.717) is 11.5 Å². The minimum absolute atomic E-state index is 0.612. The molecule has 0 aromatic heterocycles. The lowest BCUT2D eigenvalue weighted by Crippen LogP contribution is -2.05. The topological polar surface area (TPSA) is 24.7 Å². The zero-order valence-corrected chi connectivity index (χ0v) is 29.7. The zero-order valence-electron chi connectivity index (χ0n) is 29.7. The van der Waals surface area contributed by atoms with Crippen LogP contribution in [0.5, 0.6) is 0 Å². The lowest BCUT2D eigenvalue weighted by molar-refractivity contribution is 1.44. The van der Waals surface area contributed by atoms with E-state index in [-0.39, 0.29) is 0 Å². The lowest BCUT2D eigenvalue weighted by Gasteiger charge is -2.11. The maximum absolute atomic E-state index is 5.20. The largest absolute Gasteiger partial charge is 0.233 e. The van der Waals surface area contributed by atoms with E-state index >= 15 is 0 Å². The highest BCUT2D eigenvalue weighted by molar-refractivity contribution is 6.13. The van der Waals surface area contributed by atoms with E-state index in [1.54, 1.807) is 0 Å². The molecule has 8 aromatic carbocycles. The van der Waals surface area contributed by atoms with Gasteiger partial charge in [0.05, 0.1) is 5.70 Å². The van der Waals surface area contributed by atoms with Crippen molar-refractivity contribution in [1.29, 1.82) is 0 Å². The summed E-state index contributed by atoms with van der Waals surface area (Å²) in [5, 5.41) is 2.41. The van der Waals surface area contributed by atoms with Crippen LogP contribution in [0, 0.1) is 0 Å². The van der Waals surface area contributed by atoms with Crippen LogP contribution in [0.25, 0.3) is 61.0 Å². The highest BCUT2D eigenvalue weighted by Crippen LogP contribution is 2.31. The van der Waals surface area contributed by atoms with Crippen LogP contribution in [-0.4, -0.2) is 11.5 Å². The Morgan fingerprint density at radius 2 is 0.717 bits per heavy atom. The monoisotopic (exact) mass is 678 g/mol. The van der Waals surface area contributed by atoms with Gasteiger partial charge in [0.2, 0.25) is 0 Å². The molecule has 0 aliphatic heterocycles. The molecule has 8 aromatic rings. The third-order valence-corrected chi connectivity index (χ3v) is 9.61. The summed E-state index contributed by atoms with van der Waals surface area (Å²) in [7, 11) is 0. The molecule has 0 N–H and O–H groups in total. The van der Waals surface area contributed by atoms with E-state index in [1.165, 1.54) is 27.5 Å². The van der Waals surface area contributed by atoms with Crippen molar-refractivity contribution in [3.63, 3.8) is 0 Å². The van der Waals surface area contributed by atoms with Crippen molar-refractivity contribution >= 4 is 28.0 Å². The summed E-state index contributed by atoms with van der Waals surface area (Å²) in [6.07, 6.45) is 0. The number of hydrogen-bond acceptors (Lipinski definition) is 1. The van der Waals surface area contributed by atoms with Gasteiger partial charge in [-0.05, 0) is 98.1 Å².